The Labute approximate surface area is 128 Å². The van der Waals surface area contributed by atoms with Crippen LogP contribution in [-0.2, 0) is 9.53 Å². The smallest absolute Gasteiger partial charge is 0.330 e. The monoisotopic (exact) mass is 296 g/mol. The molecule has 1 N–H and O–H groups in total. The SMILES string of the molecule is CCOC(=O)C=Cc1ccc2c(c1)Nc1nccnc1N2C. The number of hydrogen-bond acceptors (Lipinski definition) is 6. The Morgan fingerprint density at radius 1 is 1.36 bits per heavy atom. The Hall–Kier alpha value is -2.89. The Bertz CT molecular complexity index is 743. The van der Waals surface area contributed by atoms with Gasteiger partial charge in [0.2, 0.25) is 0 Å². The van der Waals surface area contributed by atoms with Crippen molar-refractivity contribution in [2.45, 2.75) is 6.92 Å². The summed E-state index contributed by atoms with van der Waals surface area (Å²) in [5, 5.41) is 3.26. The second-order valence-electron chi connectivity index (χ2n) is 4.77. The van der Waals surface area contributed by atoms with Crippen molar-refractivity contribution in [3.8, 4) is 0 Å². The van der Waals surface area contributed by atoms with Crippen LogP contribution in [0.4, 0.5) is 23.0 Å². The average molecular weight is 296 g/mol. The molecular weight excluding hydrogens is 280 g/mol. The standard InChI is InChI=1S/C16H16N4O2/c1-3-22-14(21)7-5-11-4-6-13-12(10-11)19-15-16(20(13)2)18-9-8-17-15/h4-10H,3H2,1-2H3,(H,17,19). The van der Waals surface area contributed by atoms with Gasteiger partial charge in [-0.1, -0.05) is 6.07 Å². The second kappa shape index (κ2) is 5.85. The molecule has 0 aliphatic carbocycles. The molecule has 0 fully saturated rings. The van der Waals surface area contributed by atoms with E-state index in [1.165, 1.54) is 6.08 Å². The van der Waals surface area contributed by atoms with Crippen LogP contribution in [0.25, 0.3) is 6.08 Å². The first kappa shape index (κ1) is 14.1. The average Bonchev–Trinajstić information content (AvgIpc) is 2.53. The molecule has 6 nitrogen and oxygen atoms in total. The molecule has 6 heteroatoms. The summed E-state index contributed by atoms with van der Waals surface area (Å²) in [6, 6.07) is 5.87. The van der Waals surface area contributed by atoms with Gasteiger partial charge in [0.25, 0.3) is 0 Å². The van der Waals surface area contributed by atoms with Gasteiger partial charge in [-0.15, -0.1) is 0 Å². The zero-order valence-corrected chi connectivity index (χ0v) is 12.4. The van der Waals surface area contributed by atoms with Gasteiger partial charge in [0, 0.05) is 25.5 Å². The Kier molecular flexibility index (Phi) is 3.74. The summed E-state index contributed by atoms with van der Waals surface area (Å²) < 4.78 is 4.87. The molecule has 22 heavy (non-hydrogen) atoms. The maximum Gasteiger partial charge on any atom is 0.330 e. The summed E-state index contributed by atoms with van der Waals surface area (Å²) >= 11 is 0. The molecule has 3 rings (SSSR count). The number of ether oxygens (including phenoxy) is 1. The minimum absolute atomic E-state index is 0.346. The number of fused-ring (bicyclic) bond motifs is 2. The first-order chi connectivity index (χ1) is 10.7. The maximum atomic E-state index is 11.4. The van der Waals surface area contributed by atoms with Crippen molar-refractivity contribution in [1.82, 2.24) is 9.97 Å². The Balaban J connectivity index is 1.88. The quantitative estimate of drug-likeness (QED) is 0.694. The molecule has 2 heterocycles. The zero-order chi connectivity index (χ0) is 15.5. The number of aromatic nitrogens is 2. The highest BCUT2D eigenvalue weighted by molar-refractivity contribution is 5.91. The topological polar surface area (TPSA) is 67.3 Å². The number of nitrogens with zero attached hydrogens (tertiary/aromatic N) is 3. The highest BCUT2D eigenvalue weighted by Crippen LogP contribution is 2.40. The van der Waals surface area contributed by atoms with Crippen LogP contribution in [0.3, 0.4) is 0 Å². The van der Waals surface area contributed by atoms with Crippen molar-refractivity contribution in [2.75, 3.05) is 23.9 Å². The number of anilines is 4. The first-order valence-corrected chi connectivity index (χ1v) is 6.99. The molecule has 1 aromatic carbocycles. The number of esters is 1. The van der Waals surface area contributed by atoms with E-state index in [-0.39, 0.29) is 5.97 Å². The van der Waals surface area contributed by atoms with Gasteiger partial charge in [-0.2, -0.15) is 0 Å². The van der Waals surface area contributed by atoms with Gasteiger partial charge in [0.05, 0.1) is 18.0 Å². The lowest BCUT2D eigenvalue weighted by Crippen LogP contribution is -2.19. The molecule has 0 atom stereocenters. The van der Waals surface area contributed by atoms with E-state index < -0.39 is 0 Å². The van der Waals surface area contributed by atoms with Gasteiger partial charge >= 0.3 is 5.97 Å². The summed E-state index contributed by atoms with van der Waals surface area (Å²) in [4.78, 5) is 22.0. The van der Waals surface area contributed by atoms with E-state index in [4.69, 9.17) is 4.74 Å². The molecule has 0 bridgehead atoms. The third kappa shape index (κ3) is 2.63. The fourth-order valence-electron chi connectivity index (χ4n) is 2.31. The predicted octanol–water partition coefficient (Wildman–Crippen LogP) is 2.88. The predicted molar refractivity (Wildman–Crippen MR) is 85.5 cm³/mol. The van der Waals surface area contributed by atoms with Gasteiger partial charge in [-0.3, -0.25) is 0 Å². The van der Waals surface area contributed by atoms with Crippen LogP contribution in [0.15, 0.2) is 36.7 Å². The largest absolute Gasteiger partial charge is 0.463 e. The molecule has 0 spiro atoms. The van der Waals surface area contributed by atoms with Crippen LogP contribution in [-0.4, -0.2) is 29.6 Å². The van der Waals surface area contributed by atoms with E-state index in [0.717, 1.165) is 22.8 Å². The van der Waals surface area contributed by atoms with E-state index in [2.05, 4.69) is 15.3 Å². The molecule has 0 unspecified atom stereocenters. The maximum absolute atomic E-state index is 11.4. The van der Waals surface area contributed by atoms with E-state index in [0.29, 0.717) is 12.4 Å². The van der Waals surface area contributed by atoms with Crippen molar-refractivity contribution in [3.63, 3.8) is 0 Å². The molecule has 0 amide bonds. The van der Waals surface area contributed by atoms with Crippen LogP contribution in [0.5, 0.6) is 0 Å². The molecule has 1 aliphatic heterocycles. The van der Waals surface area contributed by atoms with Gasteiger partial charge < -0.3 is 15.0 Å². The van der Waals surface area contributed by atoms with Crippen molar-refractivity contribution in [3.05, 3.63) is 42.2 Å². The summed E-state index contributed by atoms with van der Waals surface area (Å²) in [6.45, 7) is 2.15. The summed E-state index contributed by atoms with van der Waals surface area (Å²) in [7, 11) is 1.95. The van der Waals surface area contributed by atoms with Crippen molar-refractivity contribution >= 4 is 35.1 Å². The summed E-state index contributed by atoms with van der Waals surface area (Å²) in [5.74, 6) is 1.15. The highest BCUT2D eigenvalue weighted by atomic mass is 16.5. The van der Waals surface area contributed by atoms with Crippen molar-refractivity contribution in [2.24, 2.45) is 0 Å². The first-order valence-electron chi connectivity index (χ1n) is 6.99. The van der Waals surface area contributed by atoms with E-state index in [9.17, 15) is 4.79 Å². The number of carbonyl (C=O) groups is 1. The second-order valence-corrected chi connectivity index (χ2v) is 4.77. The van der Waals surface area contributed by atoms with Crippen molar-refractivity contribution < 1.29 is 9.53 Å². The summed E-state index contributed by atoms with van der Waals surface area (Å²) in [5.41, 5.74) is 2.82. The number of carbonyl (C=O) groups excluding carboxylic acids is 1. The van der Waals surface area contributed by atoms with Gasteiger partial charge in [-0.05, 0) is 30.7 Å². The molecule has 1 aromatic heterocycles. The molecule has 112 valence electrons. The lowest BCUT2D eigenvalue weighted by atomic mass is 10.1. The van der Waals surface area contributed by atoms with Crippen molar-refractivity contribution in [1.29, 1.82) is 0 Å². The Morgan fingerprint density at radius 3 is 3.00 bits per heavy atom. The lowest BCUT2D eigenvalue weighted by Gasteiger charge is -2.28. The molecule has 0 saturated carbocycles. The minimum atomic E-state index is -0.346. The number of hydrogen-bond donors (Lipinski definition) is 1. The van der Waals surface area contributed by atoms with Crippen LogP contribution in [0.1, 0.15) is 12.5 Å². The van der Waals surface area contributed by atoms with E-state index in [1.54, 1.807) is 25.4 Å². The fourth-order valence-corrected chi connectivity index (χ4v) is 2.31. The molecule has 1 aliphatic rings. The third-order valence-electron chi connectivity index (χ3n) is 3.33. The third-order valence-corrected chi connectivity index (χ3v) is 3.33. The lowest BCUT2D eigenvalue weighted by molar-refractivity contribution is -0.137. The Morgan fingerprint density at radius 2 is 2.18 bits per heavy atom. The van der Waals surface area contributed by atoms with Gasteiger partial charge in [-0.25, -0.2) is 14.8 Å². The van der Waals surface area contributed by atoms with Crippen LogP contribution in [0, 0.1) is 0 Å². The molecule has 0 radical (unpaired) electrons. The summed E-state index contributed by atoms with van der Waals surface area (Å²) in [6.07, 6.45) is 6.46. The molecular formula is C16H16N4O2. The van der Waals surface area contributed by atoms with Crippen LogP contribution < -0.4 is 10.2 Å². The number of nitrogens with one attached hydrogen (secondary N) is 1. The number of rotatable bonds is 3. The van der Waals surface area contributed by atoms with E-state index >= 15 is 0 Å². The molecule has 2 aromatic rings. The normalized spacial score (nSPS) is 12.5. The number of benzene rings is 1. The highest BCUT2D eigenvalue weighted by Gasteiger charge is 2.21. The minimum Gasteiger partial charge on any atom is -0.463 e. The van der Waals surface area contributed by atoms with Crippen LogP contribution in [0.2, 0.25) is 0 Å². The van der Waals surface area contributed by atoms with E-state index in [1.807, 2.05) is 30.1 Å². The van der Waals surface area contributed by atoms with Gasteiger partial charge in [0.1, 0.15) is 0 Å². The van der Waals surface area contributed by atoms with Crippen LogP contribution >= 0.6 is 0 Å². The fraction of sp³-hybridized carbons (Fsp3) is 0.188. The van der Waals surface area contributed by atoms with Gasteiger partial charge in [0.15, 0.2) is 11.6 Å². The molecule has 0 saturated heterocycles. The zero-order valence-electron chi connectivity index (χ0n) is 12.4.